The number of hydrogen-bond donors (Lipinski definition) is 3. The highest BCUT2D eigenvalue weighted by Crippen LogP contribution is 2.36. The first kappa shape index (κ1) is 31.6. The second-order valence-electron chi connectivity index (χ2n) is 13.0. The lowest BCUT2D eigenvalue weighted by molar-refractivity contribution is -0.134. The van der Waals surface area contributed by atoms with Gasteiger partial charge in [-0.05, 0) is 96.7 Å². The van der Waals surface area contributed by atoms with Gasteiger partial charge in [0.1, 0.15) is 11.9 Å². The van der Waals surface area contributed by atoms with Crippen molar-refractivity contribution in [1.82, 2.24) is 25.5 Å². The molecule has 0 radical (unpaired) electrons. The molecule has 0 bridgehead atoms. The maximum absolute atomic E-state index is 13.9. The van der Waals surface area contributed by atoms with Gasteiger partial charge in [0.15, 0.2) is 0 Å². The van der Waals surface area contributed by atoms with Crippen LogP contribution >= 0.6 is 0 Å². The number of aliphatic imine (C=N–C) groups is 1. The summed E-state index contributed by atoms with van der Waals surface area (Å²) < 4.78 is 4.83. The Balaban J connectivity index is 1.07. The van der Waals surface area contributed by atoms with E-state index in [9.17, 15) is 9.59 Å². The van der Waals surface area contributed by atoms with Crippen molar-refractivity contribution >= 4 is 23.3 Å². The van der Waals surface area contributed by atoms with Crippen LogP contribution in [0.5, 0.6) is 0 Å². The number of aromatic nitrogens is 2. The fourth-order valence-electron chi connectivity index (χ4n) is 7.35. The SMILES string of the molecule is COC(=O)N[C@@H](C(=O)N1CCC[C@H]1c1ncc(-c2ccc(-c3ccc(C4=CN=C([C@@H]5CCCN5)C4)cc3C)c(C)c2)[nH]1)c1ccccc1. The zero-order valence-electron chi connectivity index (χ0n) is 27.8. The first-order valence-electron chi connectivity index (χ1n) is 16.9. The molecule has 3 aromatic carbocycles. The van der Waals surface area contributed by atoms with E-state index in [4.69, 9.17) is 14.7 Å². The van der Waals surface area contributed by atoms with Gasteiger partial charge in [0, 0.05) is 30.9 Å². The van der Waals surface area contributed by atoms with Crippen LogP contribution in [0.3, 0.4) is 0 Å². The number of alkyl carbamates (subject to hydrolysis) is 1. The number of allylic oxidation sites excluding steroid dienone is 1. The fourth-order valence-corrected chi connectivity index (χ4v) is 7.35. The lowest BCUT2D eigenvalue weighted by atomic mass is 9.91. The van der Waals surface area contributed by atoms with Crippen molar-refractivity contribution in [3.8, 4) is 22.4 Å². The molecule has 0 saturated carbocycles. The Morgan fingerprint density at radius 2 is 1.71 bits per heavy atom. The Morgan fingerprint density at radius 1 is 0.958 bits per heavy atom. The molecule has 3 aliphatic heterocycles. The van der Waals surface area contributed by atoms with Crippen LogP contribution in [0.2, 0.25) is 0 Å². The van der Waals surface area contributed by atoms with Crippen LogP contribution in [0.4, 0.5) is 4.79 Å². The lowest BCUT2D eigenvalue weighted by Gasteiger charge is -2.28. The molecule has 0 unspecified atom stereocenters. The van der Waals surface area contributed by atoms with Crippen LogP contribution in [-0.4, -0.2) is 58.8 Å². The van der Waals surface area contributed by atoms with Gasteiger partial charge in [-0.15, -0.1) is 0 Å². The van der Waals surface area contributed by atoms with E-state index < -0.39 is 12.1 Å². The summed E-state index contributed by atoms with van der Waals surface area (Å²) in [4.78, 5) is 40.9. The maximum Gasteiger partial charge on any atom is 0.407 e. The summed E-state index contributed by atoms with van der Waals surface area (Å²) in [6.45, 7) is 5.99. The van der Waals surface area contributed by atoms with Crippen LogP contribution < -0.4 is 10.6 Å². The summed E-state index contributed by atoms with van der Waals surface area (Å²) in [5.74, 6) is 0.558. The van der Waals surface area contributed by atoms with Gasteiger partial charge in [0.25, 0.3) is 5.91 Å². The first-order valence-corrected chi connectivity index (χ1v) is 16.9. The van der Waals surface area contributed by atoms with Crippen LogP contribution in [0.1, 0.15) is 72.3 Å². The number of carbonyl (C=O) groups excluding carboxylic acids is 2. The van der Waals surface area contributed by atoms with Gasteiger partial charge < -0.3 is 25.3 Å². The van der Waals surface area contributed by atoms with Gasteiger partial charge in [0.05, 0.1) is 25.0 Å². The molecule has 9 heteroatoms. The first-order chi connectivity index (χ1) is 23.4. The second kappa shape index (κ2) is 13.6. The van der Waals surface area contributed by atoms with E-state index in [-0.39, 0.29) is 11.9 Å². The minimum Gasteiger partial charge on any atom is -0.453 e. The number of likely N-dealkylation sites (tertiary alicyclic amines) is 1. The Bertz CT molecular complexity index is 1890. The molecule has 3 aliphatic rings. The van der Waals surface area contributed by atoms with E-state index in [1.54, 1.807) is 0 Å². The summed E-state index contributed by atoms with van der Waals surface area (Å²) in [6.07, 6.45) is 8.19. The van der Waals surface area contributed by atoms with Crippen LogP contribution in [0.25, 0.3) is 28.0 Å². The van der Waals surface area contributed by atoms with E-state index in [0.717, 1.165) is 42.9 Å². The Hall–Kier alpha value is -5.02. The predicted molar refractivity (Wildman–Crippen MR) is 188 cm³/mol. The van der Waals surface area contributed by atoms with Crippen molar-refractivity contribution in [2.45, 2.75) is 64.1 Å². The van der Waals surface area contributed by atoms with E-state index >= 15 is 0 Å². The number of hydrogen-bond acceptors (Lipinski definition) is 6. The molecular weight excluding hydrogens is 600 g/mol. The molecule has 0 aliphatic carbocycles. The molecule has 2 amide bonds. The fraction of sp³-hybridized carbons (Fsp3) is 0.333. The summed E-state index contributed by atoms with van der Waals surface area (Å²) in [5, 5.41) is 6.30. The van der Waals surface area contributed by atoms with Gasteiger partial charge in [0.2, 0.25) is 0 Å². The standard InChI is InChI=1S/C39H42N6O3/c1-24-19-27(29-21-33(41-22-29)32-11-7-17-40-32)13-15-30(24)31-16-14-28(20-25(31)2)34-23-42-37(43-34)35-12-8-18-45(35)38(46)36(44-39(47)48-3)26-9-5-4-6-10-26/h4-6,9-10,13-16,19-20,22-23,32,35-36,40H,7-8,11-12,17-18,21H2,1-3H3,(H,42,43)(H,44,47)/t32-,35-,36+/m0/s1. The second-order valence-corrected chi connectivity index (χ2v) is 13.0. The van der Waals surface area contributed by atoms with Crippen molar-refractivity contribution in [2.75, 3.05) is 20.2 Å². The molecule has 2 saturated heterocycles. The molecule has 7 rings (SSSR count). The van der Waals surface area contributed by atoms with Crippen molar-refractivity contribution in [3.05, 3.63) is 107 Å². The van der Waals surface area contributed by atoms with Gasteiger partial charge in [-0.1, -0.05) is 60.7 Å². The van der Waals surface area contributed by atoms with Crippen molar-refractivity contribution in [3.63, 3.8) is 0 Å². The van der Waals surface area contributed by atoms with E-state index in [1.807, 2.05) is 47.6 Å². The summed E-state index contributed by atoms with van der Waals surface area (Å²) >= 11 is 0. The Labute approximate surface area is 281 Å². The van der Waals surface area contributed by atoms with E-state index in [1.165, 1.54) is 59.1 Å². The number of aryl methyl sites for hydroxylation is 2. The van der Waals surface area contributed by atoms with E-state index in [2.05, 4.69) is 65.9 Å². The largest absolute Gasteiger partial charge is 0.453 e. The lowest BCUT2D eigenvalue weighted by Crippen LogP contribution is -2.42. The third kappa shape index (κ3) is 6.30. The minimum absolute atomic E-state index is 0.184. The van der Waals surface area contributed by atoms with Crippen LogP contribution in [0.15, 0.2) is 84.1 Å². The highest BCUT2D eigenvalue weighted by atomic mass is 16.5. The quantitative estimate of drug-likeness (QED) is 0.191. The topological polar surface area (TPSA) is 112 Å². The van der Waals surface area contributed by atoms with Gasteiger partial charge in [-0.3, -0.25) is 9.79 Å². The maximum atomic E-state index is 13.9. The third-order valence-electron chi connectivity index (χ3n) is 9.92. The number of ether oxygens (including phenoxy) is 1. The average Bonchev–Trinajstić information content (AvgIpc) is 3.94. The van der Waals surface area contributed by atoms with Crippen molar-refractivity contribution in [1.29, 1.82) is 0 Å². The van der Waals surface area contributed by atoms with Crippen molar-refractivity contribution < 1.29 is 14.3 Å². The van der Waals surface area contributed by atoms with Crippen molar-refractivity contribution in [2.24, 2.45) is 4.99 Å². The van der Waals surface area contributed by atoms with Crippen LogP contribution in [0, 0.1) is 13.8 Å². The number of H-pyrrole nitrogens is 1. The predicted octanol–water partition coefficient (Wildman–Crippen LogP) is 7.06. The van der Waals surface area contributed by atoms with Crippen LogP contribution in [-0.2, 0) is 9.53 Å². The molecule has 0 spiro atoms. The molecule has 48 heavy (non-hydrogen) atoms. The molecule has 4 heterocycles. The Morgan fingerprint density at radius 3 is 2.42 bits per heavy atom. The van der Waals surface area contributed by atoms with Gasteiger partial charge >= 0.3 is 6.09 Å². The highest BCUT2D eigenvalue weighted by Gasteiger charge is 2.37. The number of imidazole rings is 1. The molecule has 3 atom stereocenters. The number of benzene rings is 3. The molecule has 246 valence electrons. The van der Waals surface area contributed by atoms with Gasteiger partial charge in [-0.2, -0.15) is 0 Å². The summed E-state index contributed by atoms with van der Waals surface area (Å²) in [7, 11) is 1.30. The smallest absolute Gasteiger partial charge is 0.407 e. The number of nitrogens with one attached hydrogen (secondary N) is 3. The molecular formula is C39H42N6O3. The molecule has 4 aromatic rings. The van der Waals surface area contributed by atoms with Gasteiger partial charge in [-0.25, -0.2) is 9.78 Å². The number of nitrogens with zero attached hydrogens (tertiary/aromatic N) is 3. The molecule has 1 aromatic heterocycles. The number of aromatic amines is 1. The normalized spacial score (nSPS) is 19.6. The summed E-state index contributed by atoms with van der Waals surface area (Å²) in [6, 6.07) is 21.9. The molecule has 9 nitrogen and oxygen atoms in total. The highest BCUT2D eigenvalue weighted by molar-refractivity contribution is 6.01. The number of carbonyl (C=O) groups is 2. The molecule has 2 fully saturated rings. The summed E-state index contributed by atoms with van der Waals surface area (Å²) in [5.41, 5.74) is 11.3. The Kier molecular flexibility index (Phi) is 8.95. The molecule has 3 N–H and O–H groups in total. The number of amides is 2. The number of rotatable bonds is 8. The zero-order valence-corrected chi connectivity index (χ0v) is 27.8. The average molecular weight is 643 g/mol. The minimum atomic E-state index is -0.851. The van der Waals surface area contributed by atoms with E-state index in [0.29, 0.717) is 18.2 Å². The zero-order chi connectivity index (χ0) is 33.2. The number of methoxy groups -OCH3 is 1. The monoisotopic (exact) mass is 642 g/mol. The third-order valence-corrected chi connectivity index (χ3v) is 9.92.